The first-order chi connectivity index (χ1) is 13.4. The normalized spacial score (nSPS) is 16.1. The van der Waals surface area contributed by atoms with Gasteiger partial charge in [-0.25, -0.2) is 9.92 Å². The number of anilines is 1. The Labute approximate surface area is 165 Å². The second-order valence-electron chi connectivity index (χ2n) is 7.38. The van der Waals surface area contributed by atoms with Crippen LogP contribution in [-0.2, 0) is 6.42 Å². The molecule has 0 atom stereocenters. The van der Waals surface area contributed by atoms with Crippen molar-refractivity contribution in [3.8, 4) is 0 Å². The molecule has 0 bridgehead atoms. The Kier molecular flexibility index (Phi) is 7.69. The van der Waals surface area contributed by atoms with Gasteiger partial charge in [0.25, 0.3) is 0 Å². The minimum atomic E-state index is -0.305. The summed E-state index contributed by atoms with van der Waals surface area (Å²) in [6.07, 6.45) is 5.53. The summed E-state index contributed by atoms with van der Waals surface area (Å²) in [5.74, 6) is -0.212. The van der Waals surface area contributed by atoms with Gasteiger partial charge in [-0.15, -0.1) is 5.11 Å². The molecule has 7 nitrogen and oxygen atoms in total. The second kappa shape index (κ2) is 9.98. The molecular weight excluding hydrogens is 357 g/mol. The van der Waals surface area contributed by atoms with Gasteiger partial charge in [-0.2, -0.15) is 0 Å². The lowest BCUT2D eigenvalue weighted by Gasteiger charge is -2.37. The maximum atomic E-state index is 15.3. The number of rotatable bonds is 7. The van der Waals surface area contributed by atoms with Crippen LogP contribution in [0.15, 0.2) is 41.3 Å². The Morgan fingerprint density at radius 1 is 1.29 bits per heavy atom. The molecule has 1 aliphatic heterocycles. The Hall–Kier alpha value is -2.74. The number of benzene rings is 1. The monoisotopic (exact) mass is 387 g/mol. The van der Waals surface area contributed by atoms with Crippen molar-refractivity contribution in [3.63, 3.8) is 0 Å². The predicted octanol–water partition coefficient (Wildman–Crippen LogP) is 2.82. The van der Waals surface area contributed by atoms with Gasteiger partial charge in [-0.3, -0.25) is 10.3 Å². The summed E-state index contributed by atoms with van der Waals surface area (Å²) in [5, 5.41) is 11.2. The van der Waals surface area contributed by atoms with E-state index < -0.39 is 0 Å². The molecule has 6 N–H and O–H groups in total. The highest BCUT2D eigenvalue weighted by molar-refractivity contribution is 6.02. The van der Waals surface area contributed by atoms with Crippen LogP contribution in [0.1, 0.15) is 25.0 Å². The van der Waals surface area contributed by atoms with Crippen LogP contribution in [0.25, 0.3) is 0 Å². The molecule has 1 heterocycles. The lowest BCUT2D eigenvalue weighted by atomic mass is 9.98. The highest BCUT2D eigenvalue weighted by Gasteiger charge is 2.25. The fourth-order valence-corrected chi connectivity index (χ4v) is 3.38. The Morgan fingerprint density at radius 2 is 1.96 bits per heavy atom. The summed E-state index contributed by atoms with van der Waals surface area (Å²) in [7, 11) is 0. The zero-order chi connectivity index (χ0) is 20.7. The zero-order valence-corrected chi connectivity index (χ0v) is 16.6. The van der Waals surface area contributed by atoms with E-state index in [1.807, 2.05) is 18.7 Å². The van der Waals surface area contributed by atoms with Gasteiger partial charge in [0.15, 0.2) is 5.84 Å². The largest absolute Gasteiger partial charge is 0.405 e. The molecule has 0 amide bonds. The smallest absolute Gasteiger partial charge is 0.175 e. The molecule has 1 aromatic rings. The highest BCUT2D eigenvalue weighted by atomic mass is 19.1. The number of hydrogen-bond acceptors (Lipinski definition) is 6. The summed E-state index contributed by atoms with van der Waals surface area (Å²) in [5.41, 5.74) is 20.6. The van der Waals surface area contributed by atoms with E-state index in [1.165, 1.54) is 6.20 Å². The van der Waals surface area contributed by atoms with Gasteiger partial charge in [-0.1, -0.05) is 19.9 Å². The number of halogens is 1. The van der Waals surface area contributed by atoms with Crippen LogP contribution in [0.5, 0.6) is 0 Å². The van der Waals surface area contributed by atoms with Crippen molar-refractivity contribution in [2.45, 2.75) is 20.3 Å². The maximum Gasteiger partial charge on any atom is 0.175 e. The second-order valence-corrected chi connectivity index (χ2v) is 7.38. The first-order valence-corrected chi connectivity index (χ1v) is 9.45. The molecule has 0 spiro atoms. The molecule has 1 fully saturated rings. The lowest BCUT2D eigenvalue weighted by molar-refractivity contribution is 0.276. The molecule has 8 heteroatoms. The van der Waals surface area contributed by atoms with Gasteiger partial charge in [0.1, 0.15) is 5.82 Å². The average Bonchev–Trinajstić information content (AvgIpc) is 2.67. The van der Waals surface area contributed by atoms with E-state index in [2.05, 4.69) is 10.0 Å². The Morgan fingerprint density at radius 3 is 2.54 bits per heavy atom. The summed E-state index contributed by atoms with van der Waals surface area (Å²) in [6.45, 7) is 7.38. The molecule has 28 heavy (non-hydrogen) atoms. The van der Waals surface area contributed by atoms with Crippen molar-refractivity contribution >= 4 is 11.5 Å². The lowest BCUT2D eigenvalue weighted by Crippen LogP contribution is -2.48. The van der Waals surface area contributed by atoms with Crippen molar-refractivity contribution in [1.29, 1.82) is 10.9 Å². The van der Waals surface area contributed by atoms with Crippen LogP contribution < -0.4 is 16.4 Å². The molecule has 0 aromatic heterocycles. The van der Waals surface area contributed by atoms with Gasteiger partial charge >= 0.3 is 0 Å². The number of nitrogens with zero attached hydrogens (tertiary/aromatic N) is 3. The summed E-state index contributed by atoms with van der Waals surface area (Å²) in [6, 6.07) is 3.42. The van der Waals surface area contributed by atoms with Crippen LogP contribution in [0, 0.1) is 22.7 Å². The van der Waals surface area contributed by atoms with Crippen LogP contribution in [0.2, 0.25) is 0 Å². The third-order valence-corrected chi connectivity index (χ3v) is 4.71. The van der Waals surface area contributed by atoms with Crippen molar-refractivity contribution in [2.75, 3.05) is 37.6 Å². The van der Waals surface area contributed by atoms with E-state index in [0.29, 0.717) is 48.8 Å². The highest BCUT2D eigenvalue weighted by Crippen LogP contribution is 2.30. The van der Waals surface area contributed by atoms with E-state index in [-0.39, 0.29) is 11.7 Å². The molecular formula is C20H30FN7. The van der Waals surface area contributed by atoms with Crippen molar-refractivity contribution < 1.29 is 4.39 Å². The van der Waals surface area contributed by atoms with Crippen LogP contribution >= 0.6 is 0 Å². The minimum Gasteiger partial charge on any atom is -0.405 e. The van der Waals surface area contributed by atoms with Gasteiger partial charge in [0.2, 0.25) is 0 Å². The van der Waals surface area contributed by atoms with E-state index in [0.717, 1.165) is 18.8 Å². The standard InChI is InChI=1S/C20H30FN7/c1-14(2)12-15-5-6-17(20(24)26-25)19(18(15)21)28-10-8-27(9-11-28)13-16(23)4-3-7-22/h3-7,14,24-25H,8-13,22-23H2,1-2H3/b7-3-,16-4-,24-20?,26-25?. The minimum absolute atomic E-state index is 0.229. The van der Waals surface area contributed by atoms with Gasteiger partial charge in [-0.05, 0) is 42.3 Å². The Bertz CT molecular complexity index is 762. The van der Waals surface area contributed by atoms with E-state index in [9.17, 15) is 0 Å². The molecule has 152 valence electrons. The van der Waals surface area contributed by atoms with Crippen molar-refractivity contribution in [2.24, 2.45) is 22.5 Å². The quantitative estimate of drug-likeness (QED) is 0.249. The number of amidine groups is 1. The number of piperazine rings is 1. The first kappa shape index (κ1) is 21.6. The predicted molar refractivity (Wildman–Crippen MR) is 111 cm³/mol. The number of allylic oxidation sites excluding steroid dienone is 2. The molecule has 1 aromatic carbocycles. The number of hydrogen-bond donors (Lipinski definition) is 4. The van der Waals surface area contributed by atoms with Gasteiger partial charge < -0.3 is 16.4 Å². The first-order valence-electron chi connectivity index (χ1n) is 9.45. The molecule has 1 aliphatic rings. The summed E-state index contributed by atoms with van der Waals surface area (Å²) in [4.78, 5) is 4.15. The fraction of sp³-hybridized carbons (Fsp3) is 0.450. The third-order valence-electron chi connectivity index (χ3n) is 4.71. The average molecular weight is 388 g/mol. The van der Waals surface area contributed by atoms with E-state index >= 15 is 4.39 Å². The SMILES string of the molecule is CC(C)Cc1ccc(C(=N)N=N)c(N2CCN(C/C(N)=C/C=C\N)CC2)c1F. The third kappa shape index (κ3) is 5.39. The van der Waals surface area contributed by atoms with Crippen molar-refractivity contribution in [3.05, 3.63) is 53.1 Å². The Balaban J connectivity index is 2.22. The zero-order valence-electron chi connectivity index (χ0n) is 16.6. The molecule has 0 aliphatic carbocycles. The summed E-state index contributed by atoms with van der Waals surface area (Å²) < 4.78 is 15.3. The van der Waals surface area contributed by atoms with Crippen molar-refractivity contribution in [1.82, 2.24) is 4.90 Å². The number of nitrogens with two attached hydrogens (primary N) is 2. The molecule has 1 saturated heterocycles. The van der Waals surface area contributed by atoms with Gasteiger partial charge in [0, 0.05) is 44.0 Å². The van der Waals surface area contributed by atoms with E-state index in [1.54, 1.807) is 24.3 Å². The molecule has 0 radical (unpaired) electrons. The van der Waals surface area contributed by atoms with E-state index in [4.69, 9.17) is 22.4 Å². The summed E-state index contributed by atoms with van der Waals surface area (Å²) >= 11 is 0. The van der Waals surface area contributed by atoms with Crippen LogP contribution in [0.3, 0.4) is 0 Å². The number of nitrogens with one attached hydrogen (secondary N) is 2. The van der Waals surface area contributed by atoms with Crippen LogP contribution in [0.4, 0.5) is 10.1 Å². The fourth-order valence-electron chi connectivity index (χ4n) is 3.38. The maximum absolute atomic E-state index is 15.3. The van der Waals surface area contributed by atoms with Gasteiger partial charge in [0.05, 0.1) is 5.69 Å². The molecule has 0 unspecified atom stereocenters. The molecule has 0 saturated carbocycles. The molecule has 2 rings (SSSR count). The topological polar surface area (TPSA) is 119 Å². The van der Waals surface area contributed by atoms with Crippen LogP contribution in [-0.4, -0.2) is 43.5 Å².